The second-order valence-electron chi connectivity index (χ2n) is 5.88. The number of carbonyl (C=O) groups excluding carboxylic acids is 1. The van der Waals surface area contributed by atoms with Crippen molar-refractivity contribution < 1.29 is 9.53 Å². The van der Waals surface area contributed by atoms with Crippen molar-refractivity contribution in [2.75, 3.05) is 7.11 Å². The van der Waals surface area contributed by atoms with Crippen molar-refractivity contribution >= 4 is 11.6 Å². The van der Waals surface area contributed by atoms with Crippen molar-refractivity contribution in [3.63, 3.8) is 0 Å². The lowest BCUT2D eigenvalue weighted by Gasteiger charge is -2.11. The van der Waals surface area contributed by atoms with Crippen molar-refractivity contribution in [2.45, 2.75) is 33.2 Å². The van der Waals surface area contributed by atoms with E-state index in [0.29, 0.717) is 19.4 Å². The van der Waals surface area contributed by atoms with E-state index in [-0.39, 0.29) is 5.91 Å². The van der Waals surface area contributed by atoms with Crippen LogP contribution in [0.25, 0.3) is 5.65 Å². The molecule has 25 heavy (non-hydrogen) atoms. The number of hydrogen-bond acceptors (Lipinski definition) is 5. The molecule has 1 aromatic carbocycles. The fraction of sp³-hybridized carbons (Fsp3) is 0.333. The quantitative estimate of drug-likeness (QED) is 0.743. The van der Waals surface area contributed by atoms with Gasteiger partial charge in [-0.1, -0.05) is 18.2 Å². The Morgan fingerprint density at radius 2 is 2.08 bits per heavy atom. The molecule has 3 rings (SSSR count). The van der Waals surface area contributed by atoms with Gasteiger partial charge in [0.05, 0.1) is 12.8 Å². The van der Waals surface area contributed by atoms with Crippen molar-refractivity contribution in [1.29, 1.82) is 0 Å². The van der Waals surface area contributed by atoms with Crippen LogP contribution in [0.4, 0.5) is 0 Å². The van der Waals surface area contributed by atoms with E-state index in [9.17, 15) is 4.79 Å². The summed E-state index contributed by atoms with van der Waals surface area (Å²) in [5.74, 6) is 0.766. The lowest BCUT2D eigenvalue weighted by Crippen LogP contribution is -2.23. The van der Waals surface area contributed by atoms with E-state index in [4.69, 9.17) is 4.74 Å². The molecule has 1 amide bonds. The van der Waals surface area contributed by atoms with Gasteiger partial charge in [0.2, 0.25) is 5.91 Å². The maximum absolute atomic E-state index is 12.2. The van der Waals surface area contributed by atoms with Crippen LogP contribution in [-0.2, 0) is 17.8 Å². The summed E-state index contributed by atoms with van der Waals surface area (Å²) >= 11 is 0. The van der Waals surface area contributed by atoms with Crippen molar-refractivity contribution in [2.24, 2.45) is 0 Å². The highest BCUT2D eigenvalue weighted by molar-refractivity contribution is 5.76. The summed E-state index contributed by atoms with van der Waals surface area (Å²) in [6, 6.07) is 7.66. The average molecular weight is 339 g/mol. The number of aryl methyl sites for hydroxylation is 2. The third kappa shape index (κ3) is 3.60. The largest absolute Gasteiger partial charge is 0.496 e. The molecular formula is C18H21N5O2. The van der Waals surface area contributed by atoms with E-state index < -0.39 is 0 Å². The molecule has 0 aliphatic carbocycles. The van der Waals surface area contributed by atoms with E-state index >= 15 is 0 Å². The van der Waals surface area contributed by atoms with Crippen LogP contribution in [0.2, 0.25) is 0 Å². The molecule has 0 unspecified atom stereocenters. The summed E-state index contributed by atoms with van der Waals surface area (Å²) in [6.07, 6.45) is 2.59. The zero-order valence-electron chi connectivity index (χ0n) is 14.6. The Balaban J connectivity index is 1.63. The Hall–Kier alpha value is -2.96. The minimum absolute atomic E-state index is 0.00829. The molecule has 0 bridgehead atoms. The number of methoxy groups -OCH3 is 1. The van der Waals surface area contributed by atoms with Crippen LogP contribution in [0.15, 0.2) is 30.6 Å². The zero-order valence-corrected chi connectivity index (χ0v) is 14.6. The SMILES string of the molecule is COc1ccccc1CNC(=O)CCc1c(C)nn2cnnc2c1C. The van der Waals surface area contributed by atoms with E-state index in [1.807, 2.05) is 38.1 Å². The van der Waals surface area contributed by atoms with Gasteiger partial charge in [-0.05, 0) is 31.9 Å². The van der Waals surface area contributed by atoms with Crippen LogP contribution in [0.3, 0.4) is 0 Å². The summed E-state index contributed by atoms with van der Waals surface area (Å²) in [6.45, 7) is 4.37. The topological polar surface area (TPSA) is 81.4 Å². The first-order valence-electron chi connectivity index (χ1n) is 8.15. The summed E-state index contributed by atoms with van der Waals surface area (Å²) in [5.41, 5.74) is 4.64. The number of carbonyl (C=O) groups is 1. The van der Waals surface area contributed by atoms with Gasteiger partial charge in [-0.15, -0.1) is 10.2 Å². The second-order valence-corrected chi connectivity index (χ2v) is 5.88. The fourth-order valence-electron chi connectivity index (χ4n) is 2.92. The fourth-order valence-corrected chi connectivity index (χ4v) is 2.92. The number of nitrogens with one attached hydrogen (secondary N) is 1. The molecule has 2 heterocycles. The number of aromatic nitrogens is 4. The molecule has 0 atom stereocenters. The normalized spacial score (nSPS) is 10.8. The average Bonchev–Trinajstić information content (AvgIpc) is 3.08. The Labute approximate surface area is 146 Å². The molecular weight excluding hydrogens is 318 g/mol. The van der Waals surface area contributed by atoms with Gasteiger partial charge >= 0.3 is 0 Å². The number of fused-ring (bicyclic) bond motifs is 1. The number of amides is 1. The van der Waals surface area contributed by atoms with Gasteiger partial charge < -0.3 is 10.1 Å². The van der Waals surface area contributed by atoms with Crippen LogP contribution in [0.5, 0.6) is 5.75 Å². The number of ether oxygens (including phenoxy) is 1. The first-order chi connectivity index (χ1) is 12.1. The van der Waals surface area contributed by atoms with Gasteiger partial charge in [0.15, 0.2) is 5.65 Å². The van der Waals surface area contributed by atoms with Crippen molar-refractivity contribution in [3.05, 3.63) is 53.0 Å². The zero-order chi connectivity index (χ0) is 17.8. The highest BCUT2D eigenvalue weighted by Gasteiger charge is 2.13. The van der Waals surface area contributed by atoms with Gasteiger partial charge in [-0.2, -0.15) is 5.10 Å². The van der Waals surface area contributed by atoms with E-state index in [2.05, 4.69) is 20.6 Å². The molecule has 3 aromatic rings. The summed E-state index contributed by atoms with van der Waals surface area (Å²) < 4.78 is 6.96. The van der Waals surface area contributed by atoms with Crippen molar-refractivity contribution in [3.8, 4) is 5.75 Å². The van der Waals surface area contributed by atoms with Crippen LogP contribution in [0.1, 0.15) is 28.8 Å². The Morgan fingerprint density at radius 1 is 1.28 bits per heavy atom. The third-order valence-electron chi connectivity index (χ3n) is 4.28. The number of para-hydroxylation sites is 1. The molecule has 0 fully saturated rings. The van der Waals surface area contributed by atoms with Gasteiger partial charge in [0, 0.05) is 24.1 Å². The maximum Gasteiger partial charge on any atom is 0.220 e. The molecule has 0 saturated heterocycles. The molecule has 0 spiro atoms. The van der Waals surface area contributed by atoms with E-state index in [1.54, 1.807) is 18.0 Å². The molecule has 0 radical (unpaired) electrons. The molecule has 130 valence electrons. The monoisotopic (exact) mass is 339 g/mol. The van der Waals surface area contributed by atoms with Gasteiger partial charge in [-0.3, -0.25) is 4.79 Å². The predicted molar refractivity (Wildman–Crippen MR) is 93.4 cm³/mol. The molecule has 7 heteroatoms. The number of benzene rings is 1. The molecule has 7 nitrogen and oxygen atoms in total. The maximum atomic E-state index is 12.2. The first kappa shape index (κ1) is 16.9. The molecule has 2 aromatic heterocycles. The van der Waals surface area contributed by atoms with Gasteiger partial charge in [0.1, 0.15) is 12.1 Å². The minimum Gasteiger partial charge on any atom is -0.496 e. The third-order valence-corrected chi connectivity index (χ3v) is 4.28. The second kappa shape index (κ2) is 7.29. The van der Waals surface area contributed by atoms with Crippen LogP contribution >= 0.6 is 0 Å². The van der Waals surface area contributed by atoms with E-state index in [0.717, 1.165) is 33.8 Å². The van der Waals surface area contributed by atoms with Crippen LogP contribution in [-0.4, -0.2) is 32.8 Å². The number of nitrogens with zero attached hydrogens (tertiary/aromatic N) is 4. The predicted octanol–water partition coefficient (Wildman–Crippen LogP) is 2.00. The minimum atomic E-state index is -0.00829. The van der Waals surface area contributed by atoms with Crippen molar-refractivity contribution in [1.82, 2.24) is 25.1 Å². The smallest absolute Gasteiger partial charge is 0.220 e. The van der Waals surface area contributed by atoms with Gasteiger partial charge in [0.25, 0.3) is 0 Å². The van der Waals surface area contributed by atoms with E-state index in [1.165, 1.54) is 0 Å². The number of rotatable bonds is 6. The summed E-state index contributed by atoms with van der Waals surface area (Å²) in [5, 5.41) is 15.3. The lowest BCUT2D eigenvalue weighted by atomic mass is 10.0. The van der Waals surface area contributed by atoms with Crippen LogP contribution < -0.4 is 10.1 Å². The standard InChI is InChI=1S/C18H21N5O2/c1-12-15(13(2)22-23-11-20-21-18(12)23)8-9-17(24)19-10-14-6-4-5-7-16(14)25-3/h4-7,11H,8-10H2,1-3H3,(H,19,24). The molecule has 1 N–H and O–H groups in total. The molecule has 0 saturated carbocycles. The van der Waals surface area contributed by atoms with Gasteiger partial charge in [-0.25, -0.2) is 4.52 Å². The lowest BCUT2D eigenvalue weighted by molar-refractivity contribution is -0.121. The summed E-state index contributed by atoms with van der Waals surface area (Å²) in [4.78, 5) is 12.2. The molecule has 0 aliphatic heterocycles. The first-order valence-corrected chi connectivity index (χ1v) is 8.15. The van der Waals surface area contributed by atoms with Crippen LogP contribution in [0, 0.1) is 13.8 Å². The summed E-state index contributed by atoms with van der Waals surface area (Å²) in [7, 11) is 1.62. The Kier molecular flexibility index (Phi) is 4.92. The Bertz CT molecular complexity index is 904. The number of hydrogen-bond donors (Lipinski definition) is 1. The highest BCUT2D eigenvalue weighted by Crippen LogP contribution is 2.18. The highest BCUT2D eigenvalue weighted by atomic mass is 16.5. The molecule has 0 aliphatic rings. The Morgan fingerprint density at radius 3 is 2.88 bits per heavy atom.